The third-order valence-electron chi connectivity index (χ3n) is 6.93. The first-order chi connectivity index (χ1) is 18.7. The number of rotatable bonds is 5. The van der Waals surface area contributed by atoms with Crippen LogP contribution in [0.4, 0.5) is 27.8 Å². The summed E-state index contributed by atoms with van der Waals surface area (Å²) in [5.74, 6) is 0.742. The predicted octanol–water partition coefficient (Wildman–Crippen LogP) is 3.04. The molecule has 2 atom stereocenters. The van der Waals surface area contributed by atoms with Crippen LogP contribution in [0.15, 0.2) is 30.3 Å². The molecule has 2 aliphatic heterocycles. The van der Waals surface area contributed by atoms with Crippen molar-refractivity contribution in [2.45, 2.75) is 25.9 Å². The van der Waals surface area contributed by atoms with Gasteiger partial charge in [0, 0.05) is 43.9 Å². The first kappa shape index (κ1) is 26.8. The Hall–Kier alpha value is -3.77. The Kier molecular flexibility index (Phi) is 7.67. The number of benzene rings is 1. The van der Waals surface area contributed by atoms with E-state index in [1.54, 1.807) is 12.1 Å². The molecule has 13 heteroatoms. The average molecular weight is 557 g/mol. The highest BCUT2D eigenvalue weighted by molar-refractivity contribution is 6.32. The summed E-state index contributed by atoms with van der Waals surface area (Å²) in [6.07, 6.45) is 0. The van der Waals surface area contributed by atoms with Gasteiger partial charge in [0.15, 0.2) is 22.5 Å². The number of ether oxygens (including phenoxy) is 2. The van der Waals surface area contributed by atoms with Crippen LogP contribution in [0.25, 0.3) is 11.3 Å². The number of morpholine rings is 1. The molecule has 0 radical (unpaired) electrons. The van der Waals surface area contributed by atoms with Crippen molar-refractivity contribution in [3.8, 4) is 11.3 Å². The summed E-state index contributed by atoms with van der Waals surface area (Å²) in [7, 11) is 1.24. The van der Waals surface area contributed by atoms with E-state index in [2.05, 4.69) is 33.6 Å². The molecule has 0 spiro atoms. The Balaban J connectivity index is 1.44. The van der Waals surface area contributed by atoms with Gasteiger partial charge in [-0.05, 0) is 38.1 Å². The molecule has 11 nitrogen and oxygen atoms in total. The molecule has 39 heavy (non-hydrogen) atoms. The average Bonchev–Trinajstić information content (AvgIpc) is 2.94. The van der Waals surface area contributed by atoms with E-state index in [1.807, 2.05) is 11.0 Å². The SMILES string of the molecule is COC(=O)c1nc(Cl)c(N2CCN(c3cc(-c4ccc(F)cc4)nc(N4CCOC[C@H]4C)n3)C(C)C2)nc1N. The molecule has 0 bridgehead atoms. The van der Waals surface area contributed by atoms with Crippen molar-refractivity contribution in [3.63, 3.8) is 0 Å². The summed E-state index contributed by atoms with van der Waals surface area (Å²) in [5.41, 5.74) is 7.38. The third kappa shape index (κ3) is 5.52. The van der Waals surface area contributed by atoms with E-state index in [-0.39, 0.29) is 34.6 Å². The van der Waals surface area contributed by atoms with Gasteiger partial charge in [-0.15, -0.1) is 0 Å². The fourth-order valence-corrected chi connectivity index (χ4v) is 5.09. The van der Waals surface area contributed by atoms with E-state index in [1.165, 1.54) is 19.2 Å². The van der Waals surface area contributed by atoms with Gasteiger partial charge in [-0.25, -0.2) is 24.1 Å². The van der Waals surface area contributed by atoms with E-state index in [0.29, 0.717) is 56.9 Å². The molecule has 1 unspecified atom stereocenters. The number of carbonyl (C=O) groups is 1. The Morgan fingerprint density at radius 1 is 1.08 bits per heavy atom. The number of aromatic nitrogens is 4. The zero-order valence-corrected chi connectivity index (χ0v) is 22.7. The maximum Gasteiger partial charge on any atom is 0.360 e. The van der Waals surface area contributed by atoms with E-state index in [4.69, 9.17) is 36.8 Å². The van der Waals surface area contributed by atoms with Crippen molar-refractivity contribution in [2.24, 2.45) is 0 Å². The maximum atomic E-state index is 13.6. The number of halogens is 2. The monoisotopic (exact) mass is 556 g/mol. The molecule has 206 valence electrons. The van der Waals surface area contributed by atoms with Gasteiger partial charge in [0.2, 0.25) is 5.95 Å². The number of anilines is 4. The van der Waals surface area contributed by atoms with Gasteiger partial charge in [-0.2, -0.15) is 4.98 Å². The van der Waals surface area contributed by atoms with E-state index in [0.717, 1.165) is 11.4 Å². The summed E-state index contributed by atoms with van der Waals surface area (Å²) in [6, 6.07) is 8.35. The van der Waals surface area contributed by atoms with Crippen molar-refractivity contribution in [1.29, 1.82) is 0 Å². The highest BCUT2D eigenvalue weighted by Crippen LogP contribution is 2.31. The van der Waals surface area contributed by atoms with Crippen LogP contribution < -0.4 is 20.4 Å². The van der Waals surface area contributed by atoms with Crippen LogP contribution in [0.2, 0.25) is 5.15 Å². The minimum absolute atomic E-state index is 0.00375. The summed E-state index contributed by atoms with van der Waals surface area (Å²) in [6.45, 7) is 7.76. The molecule has 2 saturated heterocycles. The molecular formula is C26H30ClFN8O3. The Morgan fingerprint density at radius 3 is 2.54 bits per heavy atom. The molecule has 2 N–H and O–H groups in total. The number of nitrogens with zero attached hydrogens (tertiary/aromatic N) is 7. The smallest absolute Gasteiger partial charge is 0.360 e. The second-order valence-electron chi connectivity index (χ2n) is 9.59. The van der Waals surface area contributed by atoms with Gasteiger partial charge in [0.25, 0.3) is 0 Å². The lowest BCUT2D eigenvalue weighted by Gasteiger charge is -2.41. The fourth-order valence-electron chi connectivity index (χ4n) is 4.85. The van der Waals surface area contributed by atoms with Crippen LogP contribution in [0.1, 0.15) is 24.3 Å². The van der Waals surface area contributed by atoms with Crippen molar-refractivity contribution in [1.82, 2.24) is 19.9 Å². The van der Waals surface area contributed by atoms with Crippen LogP contribution in [-0.2, 0) is 9.47 Å². The van der Waals surface area contributed by atoms with Crippen molar-refractivity contribution < 1.29 is 18.7 Å². The number of hydrogen-bond donors (Lipinski definition) is 1. The van der Waals surface area contributed by atoms with Crippen LogP contribution in [0.3, 0.4) is 0 Å². The van der Waals surface area contributed by atoms with Gasteiger partial charge >= 0.3 is 5.97 Å². The molecule has 4 heterocycles. The Bertz CT molecular complexity index is 1360. The molecule has 2 aliphatic rings. The number of carbonyl (C=O) groups excluding carboxylic acids is 1. The number of esters is 1. The van der Waals surface area contributed by atoms with Crippen LogP contribution >= 0.6 is 11.6 Å². The second kappa shape index (κ2) is 11.1. The van der Waals surface area contributed by atoms with Gasteiger partial charge in [-0.1, -0.05) is 11.6 Å². The molecule has 5 rings (SSSR count). The number of hydrogen-bond acceptors (Lipinski definition) is 11. The molecule has 2 fully saturated rings. The second-order valence-corrected chi connectivity index (χ2v) is 9.95. The summed E-state index contributed by atoms with van der Waals surface area (Å²) < 4.78 is 24.0. The normalized spacial score (nSPS) is 19.8. The topological polar surface area (TPSA) is 123 Å². The van der Waals surface area contributed by atoms with Crippen LogP contribution in [-0.4, -0.2) is 84.5 Å². The highest BCUT2D eigenvalue weighted by atomic mass is 35.5. The molecule has 0 aliphatic carbocycles. The molecule has 1 aromatic carbocycles. The van der Waals surface area contributed by atoms with Crippen molar-refractivity contribution in [3.05, 3.63) is 47.0 Å². The lowest BCUT2D eigenvalue weighted by atomic mass is 10.1. The van der Waals surface area contributed by atoms with E-state index in [9.17, 15) is 9.18 Å². The first-order valence-electron chi connectivity index (χ1n) is 12.7. The number of piperazine rings is 1. The standard InChI is InChI=1S/C26H30ClFN8O3/c1-15-13-34(24-22(27)32-21(23(29)33-24)25(37)38-3)8-9-35(15)20-12-19(17-4-6-18(28)7-5-17)30-26(31-20)36-10-11-39-14-16(36)2/h4-7,12,15-16H,8-11,13-14H2,1-3H3,(H2,29,33)/t15?,16-/m1/s1. The summed E-state index contributed by atoms with van der Waals surface area (Å²) in [5, 5.41) is 0.0782. The molecule has 0 saturated carbocycles. The first-order valence-corrected chi connectivity index (χ1v) is 13.0. The van der Waals surface area contributed by atoms with E-state index < -0.39 is 5.97 Å². The Labute approximate surface area is 230 Å². The molecule has 3 aromatic rings. The van der Waals surface area contributed by atoms with E-state index >= 15 is 0 Å². The predicted molar refractivity (Wildman–Crippen MR) is 147 cm³/mol. The quantitative estimate of drug-likeness (QED) is 0.466. The fraction of sp³-hybridized carbons (Fsp3) is 0.423. The number of nitrogen functional groups attached to an aromatic ring is 1. The van der Waals surface area contributed by atoms with Gasteiger partial charge < -0.3 is 29.9 Å². The third-order valence-corrected chi connectivity index (χ3v) is 7.18. The highest BCUT2D eigenvalue weighted by Gasteiger charge is 2.30. The van der Waals surface area contributed by atoms with Crippen LogP contribution in [0.5, 0.6) is 0 Å². The molecule has 0 amide bonds. The summed E-state index contributed by atoms with van der Waals surface area (Å²) >= 11 is 6.40. The lowest BCUT2D eigenvalue weighted by Crippen LogP contribution is -2.53. The van der Waals surface area contributed by atoms with Crippen LogP contribution in [0, 0.1) is 5.82 Å². The zero-order chi connectivity index (χ0) is 27.7. The van der Waals surface area contributed by atoms with Crippen molar-refractivity contribution in [2.75, 3.05) is 66.9 Å². The summed E-state index contributed by atoms with van der Waals surface area (Å²) in [4.78, 5) is 36.5. The Morgan fingerprint density at radius 2 is 1.85 bits per heavy atom. The number of methoxy groups -OCH3 is 1. The molecule has 2 aromatic heterocycles. The minimum atomic E-state index is -0.697. The lowest BCUT2D eigenvalue weighted by molar-refractivity contribution is 0.0595. The molecular weight excluding hydrogens is 527 g/mol. The van der Waals surface area contributed by atoms with Gasteiger partial charge in [-0.3, -0.25) is 0 Å². The minimum Gasteiger partial charge on any atom is -0.464 e. The maximum absolute atomic E-state index is 13.6. The van der Waals surface area contributed by atoms with Gasteiger partial charge in [0.1, 0.15) is 11.6 Å². The number of nitrogens with two attached hydrogens (primary N) is 1. The largest absolute Gasteiger partial charge is 0.464 e. The van der Waals surface area contributed by atoms with Crippen molar-refractivity contribution >= 4 is 41.0 Å². The zero-order valence-electron chi connectivity index (χ0n) is 22.0. The van der Waals surface area contributed by atoms with Gasteiger partial charge in [0.05, 0.1) is 32.1 Å².